The first-order valence-corrected chi connectivity index (χ1v) is 7.32. The number of amides is 1. The summed E-state index contributed by atoms with van der Waals surface area (Å²) in [5.41, 5.74) is 6.20. The second kappa shape index (κ2) is 4.60. The smallest absolute Gasteiger partial charge is 0.227 e. The molecule has 0 aromatic carbocycles. The first-order valence-electron chi connectivity index (χ1n) is 7.32. The quantitative estimate of drug-likeness (QED) is 0.707. The van der Waals surface area contributed by atoms with Gasteiger partial charge in [-0.3, -0.25) is 4.79 Å². The highest BCUT2D eigenvalue weighted by Gasteiger charge is 2.43. The zero-order valence-electron chi connectivity index (χ0n) is 10.6. The average molecular weight is 236 g/mol. The highest BCUT2D eigenvalue weighted by Crippen LogP contribution is 2.39. The predicted octanol–water partition coefficient (Wildman–Crippen LogP) is 1.90. The standard InChI is InChI=1S/C14H24N2O/c15-13-5-3-1-2-4-12(13)14(17)16-9-10-6-7-11(16)8-10/h10-13H,1-9,15H2. The molecule has 96 valence electrons. The third-order valence-corrected chi connectivity index (χ3v) is 5.08. The molecule has 1 amide bonds. The Bertz CT molecular complexity index is 305. The van der Waals surface area contributed by atoms with E-state index in [4.69, 9.17) is 5.73 Å². The Morgan fingerprint density at radius 2 is 1.88 bits per heavy atom. The van der Waals surface area contributed by atoms with Crippen LogP contribution in [0.15, 0.2) is 0 Å². The maximum absolute atomic E-state index is 12.6. The van der Waals surface area contributed by atoms with Crippen molar-refractivity contribution in [2.75, 3.05) is 6.54 Å². The summed E-state index contributed by atoms with van der Waals surface area (Å²) in [7, 11) is 0. The van der Waals surface area contributed by atoms with Gasteiger partial charge in [-0.25, -0.2) is 0 Å². The second-order valence-corrected chi connectivity index (χ2v) is 6.23. The maximum atomic E-state index is 12.6. The largest absolute Gasteiger partial charge is 0.339 e. The molecule has 0 spiro atoms. The SMILES string of the molecule is NC1CCCCCC1C(=O)N1CC2CCC1C2. The van der Waals surface area contributed by atoms with E-state index in [0.717, 1.165) is 25.3 Å². The van der Waals surface area contributed by atoms with Gasteiger partial charge < -0.3 is 10.6 Å². The van der Waals surface area contributed by atoms with E-state index in [1.807, 2.05) is 0 Å². The molecule has 1 aliphatic heterocycles. The number of nitrogens with zero attached hydrogens (tertiary/aromatic N) is 1. The molecule has 4 unspecified atom stereocenters. The van der Waals surface area contributed by atoms with Gasteiger partial charge in [-0.05, 0) is 38.0 Å². The highest BCUT2D eigenvalue weighted by atomic mass is 16.2. The summed E-state index contributed by atoms with van der Waals surface area (Å²) in [5, 5.41) is 0. The number of carbonyl (C=O) groups excluding carboxylic acids is 1. The molecule has 2 bridgehead atoms. The van der Waals surface area contributed by atoms with Crippen molar-refractivity contribution < 1.29 is 4.79 Å². The molecule has 0 aromatic rings. The summed E-state index contributed by atoms with van der Waals surface area (Å²) in [6, 6.07) is 0.673. The van der Waals surface area contributed by atoms with E-state index < -0.39 is 0 Å². The lowest BCUT2D eigenvalue weighted by atomic mass is 9.93. The molecule has 3 nitrogen and oxygen atoms in total. The van der Waals surface area contributed by atoms with Crippen molar-refractivity contribution in [2.24, 2.45) is 17.6 Å². The van der Waals surface area contributed by atoms with E-state index in [2.05, 4.69) is 4.90 Å². The summed E-state index contributed by atoms with van der Waals surface area (Å²) >= 11 is 0. The average Bonchev–Trinajstić information content (AvgIpc) is 2.89. The molecule has 1 saturated heterocycles. The molecular weight excluding hydrogens is 212 g/mol. The monoisotopic (exact) mass is 236 g/mol. The van der Waals surface area contributed by atoms with E-state index in [1.165, 1.54) is 38.5 Å². The number of likely N-dealkylation sites (tertiary alicyclic amines) is 1. The van der Waals surface area contributed by atoms with Gasteiger partial charge in [0, 0.05) is 18.6 Å². The van der Waals surface area contributed by atoms with Gasteiger partial charge in [0.2, 0.25) is 5.91 Å². The van der Waals surface area contributed by atoms with Crippen LogP contribution in [0.2, 0.25) is 0 Å². The maximum Gasteiger partial charge on any atom is 0.227 e. The van der Waals surface area contributed by atoms with Crippen LogP contribution in [0.5, 0.6) is 0 Å². The Hall–Kier alpha value is -0.570. The van der Waals surface area contributed by atoms with Gasteiger partial charge in [0.05, 0.1) is 5.92 Å². The molecule has 2 aliphatic carbocycles. The molecule has 0 aromatic heterocycles. The molecule has 4 atom stereocenters. The van der Waals surface area contributed by atoms with Crippen molar-refractivity contribution in [1.82, 2.24) is 4.90 Å². The lowest BCUT2D eigenvalue weighted by Gasteiger charge is -2.32. The van der Waals surface area contributed by atoms with Crippen molar-refractivity contribution >= 4 is 5.91 Å². The third-order valence-electron chi connectivity index (χ3n) is 5.08. The summed E-state index contributed by atoms with van der Waals surface area (Å²) in [5.74, 6) is 1.30. The zero-order valence-corrected chi connectivity index (χ0v) is 10.6. The first kappa shape index (κ1) is 11.5. The number of fused-ring (bicyclic) bond motifs is 2. The van der Waals surface area contributed by atoms with Crippen molar-refractivity contribution in [3.8, 4) is 0 Å². The van der Waals surface area contributed by atoms with E-state index in [1.54, 1.807) is 0 Å². The highest BCUT2D eigenvalue weighted by molar-refractivity contribution is 5.80. The molecule has 3 heteroatoms. The molecule has 1 heterocycles. The van der Waals surface area contributed by atoms with Crippen LogP contribution in [-0.2, 0) is 4.79 Å². The van der Waals surface area contributed by atoms with Crippen LogP contribution in [0.4, 0.5) is 0 Å². The van der Waals surface area contributed by atoms with Crippen molar-refractivity contribution in [2.45, 2.75) is 63.5 Å². The third kappa shape index (κ3) is 2.10. The van der Waals surface area contributed by atoms with Crippen molar-refractivity contribution in [3.63, 3.8) is 0 Å². The molecule has 17 heavy (non-hydrogen) atoms. The van der Waals surface area contributed by atoms with Crippen LogP contribution >= 0.6 is 0 Å². The molecule has 3 fully saturated rings. The van der Waals surface area contributed by atoms with Gasteiger partial charge in [-0.2, -0.15) is 0 Å². The van der Waals surface area contributed by atoms with Crippen LogP contribution in [0.25, 0.3) is 0 Å². The van der Waals surface area contributed by atoms with Crippen LogP contribution in [-0.4, -0.2) is 29.4 Å². The molecule has 3 aliphatic rings. The number of hydrogen-bond donors (Lipinski definition) is 1. The topological polar surface area (TPSA) is 46.3 Å². The van der Waals surface area contributed by atoms with E-state index in [9.17, 15) is 4.79 Å². The molecular formula is C14H24N2O. The summed E-state index contributed by atoms with van der Waals surface area (Å²) < 4.78 is 0. The fourth-order valence-corrected chi connectivity index (χ4v) is 4.05. The molecule has 3 rings (SSSR count). The van der Waals surface area contributed by atoms with Gasteiger partial charge in [-0.1, -0.05) is 19.3 Å². The normalized spacial score (nSPS) is 41.6. The van der Waals surface area contributed by atoms with Crippen LogP contribution in [0.3, 0.4) is 0 Å². The van der Waals surface area contributed by atoms with E-state index >= 15 is 0 Å². The van der Waals surface area contributed by atoms with Gasteiger partial charge in [-0.15, -0.1) is 0 Å². The number of hydrogen-bond acceptors (Lipinski definition) is 2. The minimum atomic E-state index is 0.115. The first-order chi connectivity index (χ1) is 8.25. The van der Waals surface area contributed by atoms with Crippen LogP contribution < -0.4 is 5.73 Å². The van der Waals surface area contributed by atoms with Gasteiger partial charge in [0.1, 0.15) is 0 Å². The number of nitrogens with two attached hydrogens (primary N) is 1. The Labute approximate surface area is 104 Å². The fraction of sp³-hybridized carbons (Fsp3) is 0.929. The van der Waals surface area contributed by atoms with Crippen LogP contribution in [0, 0.1) is 11.8 Å². The number of piperidine rings is 1. The Kier molecular flexibility index (Phi) is 3.12. The van der Waals surface area contributed by atoms with Gasteiger partial charge in [0.25, 0.3) is 0 Å². The lowest BCUT2D eigenvalue weighted by Crippen LogP contribution is -2.46. The van der Waals surface area contributed by atoms with Gasteiger partial charge in [0.15, 0.2) is 0 Å². The second-order valence-electron chi connectivity index (χ2n) is 6.23. The summed E-state index contributed by atoms with van der Waals surface area (Å²) in [4.78, 5) is 14.8. The van der Waals surface area contributed by atoms with Crippen LogP contribution in [0.1, 0.15) is 51.4 Å². The Balaban J connectivity index is 1.68. The van der Waals surface area contributed by atoms with E-state index in [0.29, 0.717) is 11.9 Å². The zero-order chi connectivity index (χ0) is 11.8. The number of rotatable bonds is 1. The fourth-order valence-electron chi connectivity index (χ4n) is 4.05. The lowest BCUT2D eigenvalue weighted by molar-refractivity contribution is -0.138. The molecule has 2 N–H and O–H groups in total. The summed E-state index contributed by atoms with van der Waals surface area (Å²) in [6.45, 7) is 1.02. The molecule has 2 saturated carbocycles. The van der Waals surface area contributed by atoms with Gasteiger partial charge >= 0.3 is 0 Å². The predicted molar refractivity (Wildman–Crippen MR) is 67.4 cm³/mol. The summed E-state index contributed by atoms with van der Waals surface area (Å²) in [6.07, 6.45) is 9.54. The minimum absolute atomic E-state index is 0.115. The Morgan fingerprint density at radius 1 is 1.06 bits per heavy atom. The van der Waals surface area contributed by atoms with Crippen molar-refractivity contribution in [3.05, 3.63) is 0 Å². The van der Waals surface area contributed by atoms with Crippen molar-refractivity contribution in [1.29, 1.82) is 0 Å². The minimum Gasteiger partial charge on any atom is -0.339 e. The Morgan fingerprint density at radius 3 is 2.59 bits per heavy atom. The number of carbonyl (C=O) groups is 1. The molecule has 0 radical (unpaired) electrons. The van der Waals surface area contributed by atoms with E-state index in [-0.39, 0.29) is 12.0 Å².